The molecule has 0 aliphatic carbocycles. The molecule has 2 heterocycles. The molecule has 1 aromatic heterocycles. The summed E-state index contributed by atoms with van der Waals surface area (Å²) in [7, 11) is 0. The number of piperidine rings is 1. The van der Waals surface area contributed by atoms with E-state index in [1.165, 1.54) is 0 Å². The van der Waals surface area contributed by atoms with E-state index in [-0.39, 0.29) is 5.92 Å². The molecule has 1 aromatic carbocycles. The van der Waals surface area contributed by atoms with E-state index in [0.29, 0.717) is 24.0 Å². The Morgan fingerprint density at radius 2 is 2.18 bits per heavy atom. The number of carboxylic acids is 1. The van der Waals surface area contributed by atoms with Gasteiger partial charge in [0.1, 0.15) is 6.26 Å². The first kappa shape index (κ1) is 15.1. The van der Waals surface area contributed by atoms with E-state index in [4.69, 9.17) is 21.1 Å². The van der Waals surface area contributed by atoms with Crippen LogP contribution in [0.2, 0.25) is 5.02 Å². The van der Waals surface area contributed by atoms with Crippen molar-refractivity contribution in [3.8, 4) is 11.5 Å². The third kappa shape index (κ3) is 3.48. The molecule has 1 unspecified atom stereocenters. The van der Waals surface area contributed by atoms with Crippen molar-refractivity contribution < 1.29 is 14.3 Å². The van der Waals surface area contributed by atoms with Crippen molar-refractivity contribution in [1.29, 1.82) is 0 Å². The van der Waals surface area contributed by atoms with Crippen molar-refractivity contribution in [2.24, 2.45) is 5.92 Å². The molecule has 1 atom stereocenters. The summed E-state index contributed by atoms with van der Waals surface area (Å²) in [5.74, 6) is -0.443. The SMILES string of the molecule is O=C(O)C1CCCN(Cc2coc(-c3ccc(Cl)cc3)n2)C1. The van der Waals surface area contributed by atoms with Crippen molar-refractivity contribution in [1.82, 2.24) is 9.88 Å². The summed E-state index contributed by atoms with van der Waals surface area (Å²) >= 11 is 5.87. The molecule has 1 aliphatic rings. The first-order valence-electron chi connectivity index (χ1n) is 7.27. The molecule has 2 aromatic rings. The molecular weight excluding hydrogens is 304 g/mol. The molecule has 0 spiro atoms. The third-order valence-corrected chi connectivity index (χ3v) is 4.14. The first-order chi connectivity index (χ1) is 10.6. The van der Waals surface area contributed by atoms with Crippen molar-refractivity contribution in [3.05, 3.63) is 41.2 Å². The average molecular weight is 321 g/mol. The van der Waals surface area contributed by atoms with E-state index in [1.807, 2.05) is 12.1 Å². The molecule has 3 rings (SSSR count). The Hall–Kier alpha value is -1.85. The predicted molar refractivity (Wildman–Crippen MR) is 82.6 cm³/mol. The third-order valence-electron chi connectivity index (χ3n) is 3.88. The number of halogens is 1. The van der Waals surface area contributed by atoms with Crippen LogP contribution in [0.1, 0.15) is 18.5 Å². The van der Waals surface area contributed by atoms with Gasteiger partial charge in [-0.3, -0.25) is 9.69 Å². The summed E-state index contributed by atoms with van der Waals surface area (Å²) in [5.41, 5.74) is 1.69. The zero-order valence-electron chi connectivity index (χ0n) is 12.0. The zero-order valence-corrected chi connectivity index (χ0v) is 12.8. The largest absolute Gasteiger partial charge is 0.481 e. The second-order valence-corrected chi connectivity index (χ2v) is 6.00. The summed E-state index contributed by atoms with van der Waals surface area (Å²) in [4.78, 5) is 17.7. The predicted octanol–water partition coefficient (Wildman–Crippen LogP) is 3.29. The lowest BCUT2D eigenvalue weighted by Crippen LogP contribution is -2.38. The van der Waals surface area contributed by atoms with E-state index >= 15 is 0 Å². The Kier molecular flexibility index (Phi) is 4.45. The van der Waals surface area contributed by atoms with Gasteiger partial charge in [0, 0.05) is 23.7 Å². The minimum absolute atomic E-state index is 0.281. The van der Waals surface area contributed by atoms with Gasteiger partial charge in [-0.15, -0.1) is 0 Å². The number of hydrogen-bond donors (Lipinski definition) is 1. The van der Waals surface area contributed by atoms with E-state index in [0.717, 1.165) is 30.6 Å². The molecule has 0 radical (unpaired) electrons. The molecule has 1 N–H and O–H groups in total. The van der Waals surface area contributed by atoms with E-state index in [1.54, 1.807) is 18.4 Å². The minimum atomic E-state index is -0.716. The summed E-state index contributed by atoms with van der Waals surface area (Å²) < 4.78 is 5.51. The number of likely N-dealkylation sites (tertiary alicyclic amines) is 1. The van der Waals surface area contributed by atoms with Crippen LogP contribution in [0.4, 0.5) is 0 Å². The van der Waals surface area contributed by atoms with Crippen LogP contribution in [0.3, 0.4) is 0 Å². The maximum atomic E-state index is 11.1. The van der Waals surface area contributed by atoms with Crippen molar-refractivity contribution in [2.75, 3.05) is 13.1 Å². The van der Waals surface area contributed by atoms with Crippen LogP contribution in [-0.2, 0) is 11.3 Å². The molecular formula is C16H17ClN2O3. The smallest absolute Gasteiger partial charge is 0.307 e. The molecule has 1 aliphatic heterocycles. The molecule has 5 nitrogen and oxygen atoms in total. The highest BCUT2D eigenvalue weighted by molar-refractivity contribution is 6.30. The highest BCUT2D eigenvalue weighted by Crippen LogP contribution is 2.23. The van der Waals surface area contributed by atoms with Gasteiger partial charge in [0.15, 0.2) is 0 Å². The number of carboxylic acid groups (broad SMARTS) is 1. The Morgan fingerprint density at radius 3 is 2.91 bits per heavy atom. The van der Waals surface area contributed by atoms with Crippen LogP contribution in [0.25, 0.3) is 11.5 Å². The number of rotatable bonds is 4. The Balaban J connectivity index is 1.66. The van der Waals surface area contributed by atoms with Crippen molar-refractivity contribution >= 4 is 17.6 Å². The zero-order chi connectivity index (χ0) is 15.5. The maximum absolute atomic E-state index is 11.1. The normalized spacial score (nSPS) is 19.2. The second-order valence-electron chi connectivity index (χ2n) is 5.56. The number of nitrogens with zero attached hydrogens (tertiary/aromatic N) is 2. The van der Waals surface area contributed by atoms with E-state index < -0.39 is 5.97 Å². The molecule has 6 heteroatoms. The van der Waals surface area contributed by atoms with Gasteiger partial charge in [-0.2, -0.15) is 0 Å². The van der Waals surface area contributed by atoms with Crippen LogP contribution < -0.4 is 0 Å². The molecule has 1 fully saturated rings. The lowest BCUT2D eigenvalue weighted by molar-refractivity contribution is -0.143. The highest BCUT2D eigenvalue weighted by Gasteiger charge is 2.25. The second kappa shape index (κ2) is 6.50. The summed E-state index contributed by atoms with van der Waals surface area (Å²) in [6.07, 6.45) is 3.29. The highest BCUT2D eigenvalue weighted by atomic mass is 35.5. The van der Waals surface area contributed by atoms with Crippen molar-refractivity contribution in [2.45, 2.75) is 19.4 Å². The fourth-order valence-electron chi connectivity index (χ4n) is 2.73. The Bertz CT molecular complexity index is 654. The van der Waals surface area contributed by atoms with Gasteiger partial charge in [0.05, 0.1) is 11.6 Å². The quantitative estimate of drug-likeness (QED) is 0.936. The number of benzene rings is 1. The van der Waals surface area contributed by atoms with Gasteiger partial charge in [-0.25, -0.2) is 4.98 Å². The topological polar surface area (TPSA) is 66.6 Å². The molecule has 116 valence electrons. The van der Waals surface area contributed by atoms with Crippen molar-refractivity contribution in [3.63, 3.8) is 0 Å². The minimum Gasteiger partial charge on any atom is -0.481 e. The summed E-state index contributed by atoms with van der Waals surface area (Å²) in [6, 6.07) is 7.31. The Morgan fingerprint density at radius 1 is 1.41 bits per heavy atom. The fourth-order valence-corrected chi connectivity index (χ4v) is 2.86. The van der Waals surface area contributed by atoms with Crippen LogP contribution in [0.15, 0.2) is 34.9 Å². The summed E-state index contributed by atoms with van der Waals surface area (Å²) in [5, 5.41) is 9.80. The first-order valence-corrected chi connectivity index (χ1v) is 7.65. The number of carbonyl (C=O) groups is 1. The number of aliphatic carboxylic acids is 1. The lowest BCUT2D eigenvalue weighted by Gasteiger charge is -2.29. The molecule has 22 heavy (non-hydrogen) atoms. The monoisotopic (exact) mass is 320 g/mol. The molecule has 0 bridgehead atoms. The van der Waals surface area contributed by atoms with Gasteiger partial charge < -0.3 is 9.52 Å². The van der Waals surface area contributed by atoms with Gasteiger partial charge in [-0.05, 0) is 43.7 Å². The molecule has 0 saturated carbocycles. The standard InChI is InChI=1S/C16H17ClN2O3/c17-13-5-3-11(4-6-13)15-18-14(10-22-15)9-19-7-1-2-12(8-19)16(20)21/h3-6,10,12H,1-2,7-9H2,(H,20,21). The van der Waals surface area contributed by atoms with Gasteiger partial charge in [0.25, 0.3) is 0 Å². The summed E-state index contributed by atoms with van der Waals surface area (Å²) in [6.45, 7) is 2.08. The number of hydrogen-bond acceptors (Lipinski definition) is 4. The fraction of sp³-hybridized carbons (Fsp3) is 0.375. The van der Waals surface area contributed by atoms with Gasteiger partial charge in [-0.1, -0.05) is 11.6 Å². The number of aromatic nitrogens is 1. The van der Waals surface area contributed by atoms with E-state index in [2.05, 4.69) is 9.88 Å². The van der Waals surface area contributed by atoms with E-state index in [9.17, 15) is 4.79 Å². The van der Waals surface area contributed by atoms with Crippen LogP contribution >= 0.6 is 11.6 Å². The number of oxazole rings is 1. The van der Waals surface area contributed by atoms with Crippen LogP contribution in [0.5, 0.6) is 0 Å². The maximum Gasteiger partial charge on any atom is 0.307 e. The Labute approximate surface area is 133 Å². The van der Waals surface area contributed by atoms with Gasteiger partial charge >= 0.3 is 5.97 Å². The lowest BCUT2D eigenvalue weighted by atomic mass is 9.98. The van der Waals surface area contributed by atoms with Crippen LogP contribution in [0, 0.1) is 5.92 Å². The molecule has 0 amide bonds. The van der Waals surface area contributed by atoms with Gasteiger partial charge in [0.2, 0.25) is 5.89 Å². The van der Waals surface area contributed by atoms with Crippen LogP contribution in [-0.4, -0.2) is 34.0 Å². The molecule has 1 saturated heterocycles. The average Bonchev–Trinajstić information content (AvgIpc) is 2.96.